The van der Waals surface area contributed by atoms with E-state index in [0.29, 0.717) is 12.5 Å². The monoisotopic (exact) mass is 259 g/mol. The Morgan fingerprint density at radius 1 is 1.37 bits per heavy atom. The predicted molar refractivity (Wildman–Crippen MR) is 75.8 cm³/mol. The van der Waals surface area contributed by atoms with Crippen LogP contribution in [0.4, 0.5) is 0 Å². The van der Waals surface area contributed by atoms with E-state index in [1.807, 2.05) is 11.7 Å². The van der Waals surface area contributed by atoms with Crippen LogP contribution in [0.1, 0.15) is 18.5 Å². The molecule has 3 rings (SSSR count). The van der Waals surface area contributed by atoms with Crippen LogP contribution in [0.2, 0.25) is 0 Å². The van der Waals surface area contributed by atoms with E-state index in [2.05, 4.69) is 34.3 Å². The van der Waals surface area contributed by atoms with Crippen LogP contribution in [0.5, 0.6) is 0 Å². The Bertz CT molecular complexity index is 564. The number of aliphatic hydroxyl groups excluding tert-OH is 1. The lowest BCUT2D eigenvalue weighted by Gasteiger charge is -2.31. The van der Waals surface area contributed by atoms with Crippen molar-refractivity contribution in [3.63, 3.8) is 0 Å². The molecule has 0 spiro atoms. The summed E-state index contributed by atoms with van der Waals surface area (Å²) >= 11 is 0. The first-order chi connectivity index (χ1) is 9.28. The van der Waals surface area contributed by atoms with Crippen LogP contribution in [-0.2, 0) is 13.6 Å². The maximum absolute atomic E-state index is 9.30. The van der Waals surface area contributed by atoms with Crippen molar-refractivity contribution in [1.29, 1.82) is 0 Å². The summed E-state index contributed by atoms with van der Waals surface area (Å²) < 4.78 is 1.96. The Morgan fingerprint density at radius 2 is 2.21 bits per heavy atom. The van der Waals surface area contributed by atoms with E-state index in [1.54, 1.807) is 0 Å². The van der Waals surface area contributed by atoms with Crippen molar-refractivity contribution < 1.29 is 5.11 Å². The first kappa shape index (κ1) is 12.6. The first-order valence-electron chi connectivity index (χ1n) is 7.01. The van der Waals surface area contributed by atoms with Crippen LogP contribution < -0.4 is 0 Å². The molecule has 4 nitrogen and oxygen atoms in total. The number of aliphatic hydroxyl groups is 1. The molecule has 1 aromatic carbocycles. The van der Waals surface area contributed by atoms with Crippen LogP contribution >= 0.6 is 0 Å². The van der Waals surface area contributed by atoms with Gasteiger partial charge in [0, 0.05) is 32.1 Å². The molecular formula is C15H21N3O. The van der Waals surface area contributed by atoms with Gasteiger partial charge in [0.2, 0.25) is 0 Å². The van der Waals surface area contributed by atoms with Gasteiger partial charge in [-0.15, -0.1) is 0 Å². The fourth-order valence-electron chi connectivity index (χ4n) is 3.06. The average molecular weight is 259 g/mol. The minimum Gasteiger partial charge on any atom is -0.396 e. The quantitative estimate of drug-likeness (QED) is 0.913. The van der Waals surface area contributed by atoms with Crippen molar-refractivity contribution >= 4 is 10.9 Å². The van der Waals surface area contributed by atoms with Crippen molar-refractivity contribution in [3.8, 4) is 0 Å². The molecule has 1 fully saturated rings. The third kappa shape index (κ3) is 2.51. The van der Waals surface area contributed by atoms with Gasteiger partial charge in [0.25, 0.3) is 0 Å². The van der Waals surface area contributed by atoms with Gasteiger partial charge in [-0.05, 0) is 31.4 Å². The van der Waals surface area contributed by atoms with Gasteiger partial charge in [0.15, 0.2) is 0 Å². The molecule has 1 aliphatic heterocycles. The molecular weight excluding hydrogens is 238 g/mol. The molecule has 1 aromatic heterocycles. The number of hydrogen-bond donors (Lipinski definition) is 1. The molecule has 1 aliphatic rings. The lowest BCUT2D eigenvalue weighted by atomic mass is 9.99. The molecule has 4 heteroatoms. The van der Waals surface area contributed by atoms with Gasteiger partial charge in [-0.1, -0.05) is 18.2 Å². The lowest BCUT2D eigenvalue weighted by molar-refractivity contribution is 0.115. The lowest BCUT2D eigenvalue weighted by Crippen LogP contribution is -2.36. The summed E-state index contributed by atoms with van der Waals surface area (Å²) in [5.41, 5.74) is 2.34. The maximum atomic E-state index is 9.30. The van der Waals surface area contributed by atoms with Crippen molar-refractivity contribution in [1.82, 2.24) is 14.7 Å². The second-order valence-corrected chi connectivity index (χ2v) is 5.51. The molecule has 0 saturated carbocycles. The molecule has 1 unspecified atom stereocenters. The molecule has 102 valence electrons. The predicted octanol–water partition coefficient (Wildman–Crippen LogP) is 1.78. The smallest absolute Gasteiger partial charge is 0.0843 e. The van der Waals surface area contributed by atoms with E-state index in [9.17, 15) is 5.11 Å². The molecule has 0 bridgehead atoms. The molecule has 1 atom stereocenters. The Labute approximate surface area is 113 Å². The number of hydrogen-bond acceptors (Lipinski definition) is 3. The molecule has 2 aromatic rings. The minimum absolute atomic E-state index is 0.305. The van der Waals surface area contributed by atoms with Gasteiger partial charge in [-0.3, -0.25) is 9.58 Å². The number of para-hydroxylation sites is 1. The van der Waals surface area contributed by atoms with Crippen molar-refractivity contribution in [2.75, 3.05) is 19.7 Å². The highest BCUT2D eigenvalue weighted by molar-refractivity contribution is 5.81. The zero-order valence-corrected chi connectivity index (χ0v) is 11.4. The molecule has 0 radical (unpaired) electrons. The van der Waals surface area contributed by atoms with Crippen LogP contribution in [0.3, 0.4) is 0 Å². The van der Waals surface area contributed by atoms with Gasteiger partial charge in [-0.25, -0.2) is 0 Å². The van der Waals surface area contributed by atoms with E-state index in [-0.39, 0.29) is 0 Å². The Balaban J connectivity index is 1.81. The molecule has 0 amide bonds. The van der Waals surface area contributed by atoms with Crippen molar-refractivity contribution in [3.05, 3.63) is 30.0 Å². The normalized spacial score (nSPS) is 21.1. The fourth-order valence-corrected chi connectivity index (χ4v) is 3.06. The minimum atomic E-state index is 0.305. The summed E-state index contributed by atoms with van der Waals surface area (Å²) in [4.78, 5) is 2.42. The number of benzene rings is 1. The zero-order chi connectivity index (χ0) is 13.2. The number of rotatable bonds is 3. The molecule has 2 heterocycles. The van der Waals surface area contributed by atoms with Crippen LogP contribution in [0.25, 0.3) is 10.9 Å². The SMILES string of the molecule is Cn1nc(CN2CCCC(CO)C2)c2ccccc21. The van der Waals surface area contributed by atoms with Gasteiger partial charge in [0.1, 0.15) is 0 Å². The van der Waals surface area contributed by atoms with Gasteiger partial charge >= 0.3 is 0 Å². The largest absolute Gasteiger partial charge is 0.396 e. The fraction of sp³-hybridized carbons (Fsp3) is 0.533. The Morgan fingerprint density at radius 3 is 3.05 bits per heavy atom. The number of fused-ring (bicyclic) bond motifs is 1. The highest BCUT2D eigenvalue weighted by Gasteiger charge is 2.20. The summed E-state index contributed by atoms with van der Waals surface area (Å²) in [7, 11) is 2.00. The third-order valence-corrected chi connectivity index (χ3v) is 4.07. The molecule has 0 aliphatic carbocycles. The summed E-state index contributed by atoms with van der Waals surface area (Å²) in [6.07, 6.45) is 2.33. The van der Waals surface area contributed by atoms with Gasteiger partial charge in [0.05, 0.1) is 11.2 Å². The average Bonchev–Trinajstić information content (AvgIpc) is 2.76. The van der Waals surface area contributed by atoms with Crippen LogP contribution in [-0.4, -0.2) is 39.5 Å². The Hall–Kier alpha value is -1.39. The Kier molecular flexibility index (Phi) is 3.53. The third-order valence-electron chi connectivity index (χ3n) is 4.07. The van der Waals surface area contributed by atoms with Crippen LogP contribution in [0.15, 0.2) is 24.3 Å². The van der Waals surface area contributed by atoms with Gasteiger partial charge in [-0.2, -0.15) is 5.10 Å². The second kappa shape index (κ2) is 5.31. The second-order valence-electron chi connectivity index (χ2n) is 5.51. The summed E-state index contributed by atoms with van der Waals surface area (Å²) in [5.74, 6) is 0.434. The van der Waals surface area contributed by atoms with E-state index in [0.717, 1.165) is 31.7 Å². The van der Waals surface area contributed by atoms with Crippen LogP contribution in [0, 0.1) is 5.92 Å². The molecule has 1 N–H and O–H groups in total. The number of aromatic nitrogens is 2. The topological polar surface area (TPSA) is 41.3 Å². The first-order valence-corrected chi connectivity index (χ1v) is 7.01. The standard InChI is InChI=1S/C15H21N3O/c1-17-15-7-3-2-6-13(15)14(16-17)10-18-8-4-5-12(9-18)11-19/h2-3,6-7,12,19H,4-5,8-11H2,1H3. The van der Waals surface area contributed by atoms with E-state index in [1.165, 1.54) is 17.3 Å². The number of aryl methyl sites for hydroxylation is 1. The maximum Gasteiger partial charge on any atom is 0.0843 e. The molecule has 19 heavy (non-hydrogen) atoms. The number of nitrogens with zero attached hydrogens (tertiary/aromatic N) is 3. The summed E-state index contributed by atoms with van der Waals surface area (Å²) in [6, 6.07) is 8.38. The van der Waals surface area contributed by atoms with E-state index < -0.39 is 0 Å². The highest BCUT2D eigenvalue weighted by atomic mass is 16.3. The highest BCUT2D eigenvalue weighted by Crippen LogP contribution is 2.22. The zero-order valence-electron chi connectivity index (χ0n) is 11.4. The van der Waals surface area contributed by atoms with Crippen molar-refractivity contribution in [2.24, 2.45) is 13.0 Å². The summed E-state index contributed by atoms with van der Waals surface area (Å²) in [5, 5.41) is 15.2. The number of likely N-dealkylation sites (tertiary alicyclic amines) is 1. The number of piperidine rings is 1. The van der Waals surface area contributed by atoms with E-state index in [4.69, 9.17) is 0 Å². The molecule has 1 saturated heterocycles. The van der Waals surface area contributed by atoms with Crippen molar-refractivity contribution in [2.45, 2.75) is 19.4 Å². The van der Waals surface area contributed by atoms with E-state index >= 15 is 0 Å². The summed E-state index contributed by atoms with van der Waals surface area (Å²) in [6.45, 7) is 3.29. The van der Waals surface area contributed by atoms with Gasteiger partial charge < -0.3 is 5.11 Å².